The number of carbonyl (C=O) groups is 1. The van der Waals surface area contributed by atoms with Crippen molar-refractivity contribution in [2.45, 2.75) is 32.6 Å². The minimum absolute atomic E-state index is 0.302. The first-order valence-corrected chi connectivity index (χ1v) is 5.51. The molecule has 1 aromatic carbocycles. The predicted octanol–water partition coefficient (Wildman–Crippen LogP) is 2.44. The zero-order valence-electron chi connectivity index (χ0n) is 8.99. The summed E-state index contributed by atoms with van der Waals surface area (Å²) < 4.78 is 0. The lowest BCUT2D eigenvalue weighted by molar-refractivity contribution is -0.138. The number of aliphatic carboxylic acids is 1. The summed E-state index contributed by atoms with van der Waals surface area (Å²) in [6, 6.07) is 6.55. The fourth-order valence-electron chi connectivity index (χ4n) is 2.37. The molecule has 0 spiro atoms. The fourth-order valence-corrected chi connectivity index (χ4v) is 2.37. The Kier molecular flexibility index (Phi) is 2.76. The van der Waals surface area contributed by atoms with Crippen molar-refractivity contribution < 1.29 is 9.90 Å². The Morgan fingerprint density at radius 1 is 1.40 bits per heavy atom. The summed E-state index contributed by atoms with van der Waals surface area (Å²) in [5.41, 5.74) is 4.06. The maximum absolute atomic E-state index is 10.6. The molecule has 2 rings (SSSR count). The molecule has 0 aliphatic heterocycles. The lowest BCUT2D eigenvalue weighted by Gasteiger charge is -2.02. The molecular weight excluding hydrogens is 188 g/mol. The Morgan fingerprint density at radius 2 is 2.13 bits per heavy atom. The van der Waals surface area contributed by atoms with Gasteiger partial charge in [0.2, 0.25) is 0 Å². The van der Waals surface area contributed by atoms with E-state index in [1.54, 1.807) is 0 Å². The van der Waals surface area contributed by atoms with Gasteiger partial charge in [0.15, 0.2) is 0 Å². The van der Waals surface area contributed by atoms with Crippen LogP contribution in [-0.4, -0.2) is 11.1 Å². The highest BCUT2D eigenvalue weighted by Gasteiger charge is 2.23. The number of hydrogen-bond acceptors (Lipinski definition) is 1. The third kappa shape index (κ3) is 2.20. The van der Waals surface area contributed by atoms with Crippen LogP contribution in [0.25, 0.3) is 0 Å². The maximum Gasteiger partial charge on any atom is 0.303 e. The molecule has 1 aliphatic rings. The molecule has 0 amide bonds. The van der Waals surface area contributed by atoms with Gasteiger partial charge in [-0.2, -0.15) is 0 Å². The zero-order valence-corrected chi connectivity index (χ0v) is 8.99. The lowest BCUT2D eigenvalue weighted by Crippen LogP contribution is -2.07. The number of benzene rings is 1. The first-order chi connectivity index (χ1) is 7.19. The second-order valence-electron chi connectivity index (χ2n) is 4.33. The highest BCUT2D eigenvalue weighted by molar-refractivity contribution is 5.67. The average molecular weight is 204 g/mol. The average Bonchev–Trinajstić information content (AvgIpc) is 2.57. The molecular formula is C13H16O2. The number of hydrogen-bond donors (Lipinski definition) is 1. The number of fused-ring (bicyclic) bond motifs is 1. The van der Waals surface area contributed by atoms with Crippen molar-refractivity contribution in [3.05, 3.63) is 34.9 Å². The molecule has 0 bridgehead atoms. The second-order valence-corrected chi connectivity index (χ2v) is 4.33. The van der Waals surface area contributed by atoms with Crippen molar-refractivity contribution >= 4 is 5.97 Å². The molecule has 1 aliphatic carbocycles. The monoisotopic (exact) mass is 204 g/mol. The van der Waals surface area contributed by atoms with Crippen LogP contribution in [0.15, 0.2) is 18.2 Å². The molecule has 1 N–H and O–H groups in total. The van der Waals surface area contributed by atoms with Gasteiger partial charge in [0.25, 0.3) is 0 Å². The summed E-state index contributed by atoms with van der Waals surface area (Å²) in [7, 11) is 0. The third-order valence-corrected chi connectivity index (χ3v) is 3.16. The Hall–Kier alpha value is -1.31. The van der Waals surface area contributed by atoms with Crippen LogP contribution in [0.1, 0.15) is 30.0 Å². The predicted molar refractivity (Wildman–Crippen MR) is 59.0 cm³/mol. The van der Waals surface area contributed by atoms with Gasteiger partial charge in [-0.05, 0) is 41.9 Å². The molecule has 0 saturated heterocycles. The van der Waals surface area contributed by atoms with Gasteiger partial charge in [0.05, 0.1) is 0 Å². The van der Waals surface area contributed by atoms with E-state index in [9.17, 15) is 4.79 Å². The molecule has 1 atom stereocenters. The van der Waals surface area contributed by atoms with Crippen LogP contribution >= 0.6 is 0 Å². The van der Waals surface area contributed by atoms with Crippen molar-refractivity contribution in [3.63, 3.8) is 0 Å². The van der Waals surface area contributed by atoms with E-state index in [0.29, 0.717) is 12.3 Å². The van der Waals surface area contributed by atoms with Crippen molar-refractivity contribution in [1.29, 1.82) is 0 Å². The van der Waals surface area contributed by atoms with E-state index in [-0.39, 0.29) is 0 Å². The normalized spacial score (nSPS) is 18.9. The van der Waals surface area contributed by atoms with Gasteiger partial charge >= 0.3 is 5.97 Å². The smallest absolute Gasteiger partial charge is 0.303 e. The number of rotatable bonds is 3. The van der Waals surface area contributed by atoms with Crippen LogP contribution in [0.4, 0.5) is 0 Å². The van der Waals surface area contributed by atoms with E-state index in [0.717, 1.165) is 19.3 Å². The molecule has 2 heteroatoms. The minimum Gasteiger partial charge on any atom is -0.481 e. The molecule has 15 heavy (non-hydrogen) atoms. The first kappa shape index (κ1) is 10.2. The Balaban J connectivity index is 2.13. The largest absolute Gasteiger partial charge is 0.481 e. The summed E-state index contributed by atoms with van der Waals surface area (Å²) >= 11 is 0. The van der Waals surface area contributed by atoms with Crippen LogP contribution in [0, 0.1) is 5.92 Å². The van der Waals surface area contributed by atoms with E-state index < -0.39 is 5.97 Å². The molecule has 1 aromatic rings. The van der Waals surface area contributed by atoms with Gasteiger partial charge in [0, 0.05) is 6.42 Å². The van der Waals surface area contributed by atoms with Crippen LogP contribution in [0.3, 0.4) is 0 Å². The van der Waals surface area contributed by atoms with Gasteiger partial charge in [-0.25, -0.2) is 0 Å². The Labute approximate surface area is 89.9 Å². The topological polar surface area (TPSA) is 37.3 Å². The summed E-state index contributed by atoms with van der Waals surface area (Å²) in [5, 5.41) is 8.75. The van der Waals surface area contributed by atoms with Crippen molar-refractivity contribution in [2.24, 2.45) is 5.92 Å². The van der Waals surface area contributed by atoms with Crippen LogP contribution < -0.4 is 0 Å². The summed E-state index contributed by atoms with van der Waals surface area (Å²) in [6.45, 7) is 2.14. The molecule has 2 nitrogen and oxygen atoms in total. The van der Waals surface area contributed by atoms with E-state index in [4.69, 9.17) is 5.11 Å². The minimum atomic E-state index is -0.677. The van der Waals surface area contributed by atoms with Crippen molar-refractivity contribution in [2.75, 3.05) is 0 Å². The van der Waals surface area contributed by atoms with Gasteiger partial charge in [0.1, 0.15) is 0 Å². The summed E-state index contributed by atoms with van der Waals surface area (Å²) in [6.07, 6.45) is 3.23. The van der Waals surface area contributed by atoms with Gasteiger partial charge in [-0.3, -0.25) is 4.79 Å². The summed E-state index contributed by atoms with van der Waals surface area (Å²) in [5.74, 6) is -0.367. The number of aryl methyl sites for hydroxylation is 1. The van der Waals surface area contributed by atoms with E-state index in [1.165, 1.54) is 16.7 Å². The number of carboxylic acid groups (broad SMARTS) is 1. The SMILES string of the molecule is CCc1ccc2c(c1)CC(CC(=O)O)C2. The van der Waals surface area contributed by atoms with Crippen molar-refractivity contribution in [1.82, 2.24) is 0 Å². The molecule has 0 aromatic heterocycles. The summed E-state index contributed by atoms with van der Waals surface area (Å²) in [4.78, 5) is 10.6. The molecule has 0 radical (unpaired) electrons. The molecule has 0 fully saturated rings. The van der Waals surface area contributed by atoms with Gasteiger partial charge in [-0.1, -0.05) is 25.1 Å². The third-order valence-electron chi connectivity index (χ3n) is 3.16. The zero-order chi connectivity index (χ0) is 10.8. The molecule has 1 unspecified atom stereocenters. The molecule has 0 heterocycles. The second kappa shape index (κ2) is 4.05. The standard InChI is InChI=1S/C13H16O2/c1-2-9-3-4-11-6-10(8-13(14)15)7-12(11)5-9/h3-5,10H,2,6-8H2,1H3,(H,14,15). The highest BCUT2D eigenvalue weighted by atomic mass is 16.4. The van der Waals surface area contributed by atoms with Crippen LogP contribution in [0.2, 0.25) is 0 Å². The first-order valence-electron chi connectivity index (χ1n) is 5.51. The number of carboxylic acids is 1. The van der Waals surface area contributed by atoms with E-state index in [2.05, 4.69) is 25.1 Å². The molecule has 0 saturated carbocycles. The highest BCUT2D eigenvalue weighted by Crippen LogP contribution is 2.29. The maximum atomic E-state index is 10.6. The van der Waals surface area contributed by atoms with Crippen LogP contribution in [-0.2, 0) is 24.1 Å². The fraction of sp³-hybridized carbons (Fsp3) is 0.462. The molecule has 80 valence electrons. The van der Waals surface area contributed by atoms with Gasteiger partial charge < -0.3 is 5.11 Å². The van der Waals surface area contributed by atoms with Crippen LogP contribution in [0.5, 0.6) is 0 Å². The Bertz CT molecular complexity index is 382. The van der Waals surface area contributed by atoms with Gasteiger partial charge in [-0.15, -0.1) is 0 Å². The van der Waals surface area contributed by atoms with E-state index in [1.807, 2.05) is 0 Å². The van der Waals surface area contributed by atoms with Crippen molar-refractivity contribution in [3.8, 4) is 0 Å². The lowest BCUT2D eigenvalue weighted by atomic mass is 10.0. The quantitative estimate of drug-likeness (QED) is 0.821. The Morgan fingerprint density at radius 3 is 2.80 bits per heavy atom. The van der Waals surface area contributed by atoms with E-state index >= 15 is 0 Å².